The number of hydrogen-bond donors (Lipinski definition) is 1. The number of benzene rings is 2. The van der Waals surface area contributed by atoms with Crippen molar-refractivity contribution >= 4 is 33.7 Å². The van der Waals surface area contributed by atoms with E-state index in [9.17, 15) is 13.2 Å². The Morgan fingerprint density at radius 1 is 1.04 bits per heavy atom. The molecule has 0 aliphatic carbocycles. The standard InChI is InChI=1S/C16H21O5PS/c1-22(2,3,4)21-23(19,20)15-8-7-13-9-12(10-16(17)18)5-6-14(13)11-15/h5-9,11H,10H2,1-4H3,(H,17,18). The number of fused-ring (bicyclic) bond motifs is 1. The van der Waals surface area contributed by atoms with E-state index in [1.807, 2.05) is 26.7 Å². The molecule has 5 nitrogen and oxygen atoms in total. The number of carboxylic acids is 1. The van der Waals surface area contributed by atoms with Gasteiger partial charge in [-0.2, -0.15) is 0 Å². The Kier molecular flexibility index (Phi) is 4.31. The molecule has 7 heteroatoms. The maximum atomic E-state index is 12.4. The molecule has 2 aromatic rings. The molecule has 0 radical (unpaired) electrons. The van der Waals surface area contributed by atoms with Crippen LogP contribution in [-0.2, 0) is 25.3 Å². The van der Waals surface area contributed by atoms with Crippen molar-refractivity contribution in [1.29, 1.82) is 0 Å². The minimum atomic E-state index is -3.83. The van der Waals surface area contributed by atoms with Crippen molar-refractivity contribution in [3.8, 4) is 0 Å². The van der Waals surface area contributed by atoms with Crippen LogP contribution in [0.25, 0.3) is 10.8 Å². The first-order valence-electron chi connectivity index (χ1n) is 7.04. The summed E-state index contributed by atoms with van der Waals surface area (Å²) < 4.78 is 30.3. The fourth-order valence-electron chi connectivity index (χ4n) is 2.15. The van der Waals surface area contributed by atoms with E-state index in [1.165, 1.54) is 6.07 Å². The summed E-state index contributed by atoms with van der Waals surface area (Å²) in [6.45, 7) is 4.60. The molecule has 1 N–H and O–H groups in total. The third-order valence-electron chi connectivity index (χ3n) is 2.92. The normalized spacial score (nSPS) is 14.3. The predicted octanol–water partition coefficient (Wildman–Crippen LogP) is 3.16. The molecule has 0 saturated carbocycles. The van der Waals surface area contributed by atoms with Crippen molar-refractivity contribution in [2.24, 2.45) is 0 Å². The molecule has 0 fully saturated rings. The molecular formula is C16H21O5PS. The number of rotatable bonds is 5. The first-order chi connectivity index (χ1) is 10.3. The zero-order valence-corrected chi connectivity index (χ0v) is 15.3. The molecule has 0 spiro atoms. The summed E-state index contributed by atoms with van der Waals surface area (Å²) in [7, 11) is -3.83. The first kappa shape index (κ1) is 17.9. The molecule has 0 unspecified atom stereocenters. The SMILES string of the molecule is CP(C)(C)(C)OS(=O)(=O)c1ccc2cc(CC(=O)O)ccc2c1. The summed E-state index contributed by atoms with van der Waals surface area (Å²) in [4.78, 5) is 10.9. The Hall–Kier alpha value is -1.49. The van der Waals surface area contributed by atoms with Gasteiger partial charge in [0, 0.05) is 0 Å². The van der Waals surface area contributed by atoms with Gasteiger partial charge >= 0.3 is 136 Å². The van der Waals surface area contributed by atoms with Crippen molar-refractivity contribution in [2.75, 3.05) is 26.7 Å². The van der Waals surface area contributed by atoms with Gasteiger partial charge in [0.1, 0.15) is 0 Å². The third kappa shape index (κ3) is 4.99. The van der Waals surface area contributed by atoms with Crippen molar-refractivity contribution in [3.63, 3.8) is 0 Å². The molecular weight excluding hydrogens is 335 g/mol. The Bertz CT molecular complexity index is 869. The van der Waals surface area contributed by atoms with Gasteiger partial charge in [-0.05, 0) is 0 Å². The van der Waals surface area contributed by atoms with Gasteiger partial charge in [-0.1, -0.05) is 0 Å². The number of carboxylic acid groups (broad SMARTS) is 1. The maximum absolute atomic E-state index is 12.4. The summed E-state index contributed by atoms with van der Waals surface area (Å²) in [6.07, 6.45) is -0.0644. The summed E-state index contributed by atoms with van der Waals surface area (Å²) in [5.41, 5.74) is 0.672. The zero-order valence-electron chi connectivity index (χ0n) is 13.6. The van der Waals surface area contributed by atoms with Gasteiger partial charge in [-0.15, -0.1) is 0 Å². The molecule has 0 amide bonds. The average Bonchev–Trinajstić information content (AvgIpc) is 2.33. The van der Waals surface area contributed by atoms with Crippen LogP contribution in [0.2, 0.25) is 0 Å². The Labute approximate surface area is 136 Å². The van der Waals surface area contributed by atoms with E-state index in [4.69, 9.17) is 9.08 Å². The van der Waals surface area contributed by atoms with E-state index >= 15 is 0 Å². The van der Waals surface area contributed by atoms with Crippen LogP contribution in [0.1, 0.15) is 5.56 Å². The predicted molar refractivity (Wildman–Crippen MR) is 94.2 cm³/mol. The number of hydrogen-bond acceptors (Lipinski definition) is 4. The molecule has 0 aromatic heterocycles. The van der Waals surface area contributed by atoms with Crippen LogP contribution >= 0.6 is 6.83 Å². The molecule has 0 aliphatic heterocycles. The summed E-state index contributed by atoms with van der Waals surface area (Å²) in [6, 6.07) is 9.87. The van der Waals surface area contributed by atoms with E-state index in [-0.39, 0.29) is 11.3 Å². The number of aliphatic carboxylic acids is 1. The van der Waals surface area contributed by atoms with Gasteiger partial charge in [0.05, 0.1) is 0 Å². The van der Waals surface area contributed by atoms with Gasteiger partial charge in [0.25, 0.3) is 0 Å². The molecule has 2 aromatic carbocycles. The molecule has 0 heterocycles. The molecule has 0 aliphatic rings. The summed E-state index contributed by atoms with van der Waals surface area (Å²) in [5.74, 6) is -0.903. The van der Waals surface area contributed by atoms with Gasteiger partial charge in [0.2, 0.25) is 0 Å². The minimum absolute atomic E-state index is 0.0644. The number of carbonyl (C=O) groups is 1. The Morgan fingerprint density at radius 3 is 2.17 bits per heavy atom. The Balaban J connectivity index is 2.43. The van der Waals surface area contributed by atoms with Crippen LogP contribution in [0.4, 0.5) is 0 Å². The fourth-order valence-corrected chi connectivity index (χ4v) is 6.14. The topological polar surface area (TPSA) is 80.7 Å². The van der Waals surface area contributed by atoms with E-state index in [1.54, 1.807) is 30.3 Å². The zero-order chi connectivity index (χ0) is 17.5. The van der Waals surface area contributed by atoms with Crippen LogP contribution in [0.3, 0.4) is 0 Å². The molecule has 23 heavy (non-hydrogen) atoms. The molecule has 0 saturated heterocycles. The van der Waals surface area contributed by atoms with Crippen molar-refractivity contribution in [3.05, 3.63) is 42.0 Å². The van der Waals surface area contributed by atoms with E-state index < -0.39 is 22.9 Å². The first-order valence-corrected chi connectivity index (χ1v) is 12.4. The second-order valence-corrected chi connectivity index (χ2v) is 16.2. The third-order valence-corrected chi connectivity index (χ3v) is 6.92. The Morgan fingerprint density at radius 2 is 1.61 bits per heavy atom. The second kappa shape index (κ2) is 5.55. The van der Waals surface area contributed by atoms with Crippen LogP contribution in [-0.4, -0.2) is 46.2 Å². The fraction of sp³-hybridized carbons (Fsp3) is 0.312. The van der Waals surface area contributed by atoms with Crippen molar-refractivity contribution in [1.82, 2.24) is 0 Å². The summed E-state index contributed by atoms with van der Waals surface area (Å²) in [5, 5.41) is 10.3. The van der Waals surface area contributed by atoms with Crippen LogP contribution in [0.15, 0.2) is 41.3 Å². The van der Waals surface area contributed by atoms with Gasteiger partial charge in [-0.25, -0.2) is 0 Å². The van der Waals surface area contributed by atoms with Gasteiger partial charge in [0.15, 0.2) is 0 Å². The van der Waals surface area contributed by atoms with E-state index in [2.05, 4.69) is 0 Å². The van der Waals surface area contributed by atoms with Crippen molar-refractivity contribution in [2.45, 2.75) is 11.3 Å². The second-order valence-electron chi connectivity index (χ2n) is 7.36. The molecule has 2 rings (SSSR count). The quantitative estimate of drug-likeness (QED) is 0.833. The molecule has 0 bridgehead atoms. The monoisotopic (exact) mass is 356 g/mol. The van der Waals surface area contributed by atoms with Crippen LogP contribution in [0, 0.1) is 0 Å². The van der Waals surface area contributed by atoms with E-state index in [0.29, 0.717) is 5.56 Å². The molecule has 126 valence electrons. The molecule has 0 atom stereocenters. The van der Waals surface area contributed by atoms with E-state index in [0.717, 1.165) is 10.8 Å². The van der Waals surface area contributed by atoms with Crippen molar-refractivity contribution < 1.29 is 22.3 Å². The van der Waals surface area contributed by atoms with Gasteiger partial charge in [-0.3, -0.25) is 0 Å². The van der Waals surface area contributed by atoms with Gasteiger partial charge < -0.3 is 0 Å². The van der Waals surface area contributed by atoms with Crippen LogP contribution in [0.5, 0.6) is 0 Å². The average molecular weight is 356 g/mol. The summed E-state index contributed by atoms with van der Waals surface area (Å²) >= 11 is 0. The van der Waals surface area contributed by atoms with Crippen LogP contribution < -0.4 is 0 Å².